The van der Waals surface area contributed by atoms with E-state index in [1.807, 2.05) is 0 Å². The third kappa shape index (κ3) is 2.64. The molecule has 0 amide bonds. The fourth-order valence-corrected chi connectivity index (χ4v) is 4.12. The zero-order valence-electron chi connectivity index (χ0n) is 11.6. The van der Waals surface area contributed by atoms with E-state index in [4.69, 9.17) is 0 Å². The van der Waals surface area contributed by atoms with Crippen molar-refractivity contribution in [2.45, 2.75) is 70.3 Å². The highest BCUT2D eigenvalue weighted by Crippen LogP contribution is 2.34. The maximum absolute atomic E-state index is 12.2. The Morgan fingerprint density at radius 1 is 0.944 bits per heavy atom. The minimum Gasteiger partial charge on any atom is -0.299 e. The van der Waals surface area contributed by atoms with Gasteiger partial charge < -0.3 is 0 Å². The summed E-state index contributed by atoms with van der Waals surface area (Å²) in [6.45, 7) is 2.54. The summed E-state index contributed by atoms with van der Waals surface area (Å²) in [6.07, 6.45) is 12.7. The lowest BCUT2D eigenvalue weighted by Crippen LogP contribution is -2.49. The second-order valence-electron chi connectivity index (χ2n) is 6.67. The van der Waals surface area contributed by atoms with Crippen molar-refractivity contribution in [3.05, 3.63) is 0 Å². The van der Waals surface area contributed by atoms with E-state index in [0.717, 1.165) is 18.8 Å². The molecule has 2 atom stereocenters. The molecule has 18 heavy (non-hydrogen) atoms. The fourth-order valence-electron chi connectivity index (χ4n) is 4.12. The van der Waals surface area contributed by atoms with Crippen LogP contribution >= 0.6 is 0 Å². The minimum absolute atomic E-state index is 0.388. The van der Waals surface area contributed by atoms with E-state index >= 15 is 0 Å². The van der Waals surface area contributed by atoms with Gasteiger partial charge in [-0.1, -0.05) is 19.3 Å². The summed E-state index contributed by atoms with van der Waals surface area (Å²) in [7, 11) is 0. The Morgan fingerprint density at radius 2 is 1.78 bits per heavy atom. The SMILES string of the molecule is O=C1CCCCC1C1CCCCN1CC1CCC1. The molecule has 102 valence electrons. The summed E-state index contributed by atoms with van der Waals surface area (Å²) in [5.41, 5.74) is 0. The molecule has 2 heteroatoms. The van der Waals surface area contributed by atoms with Gasteiger partial charge >= 0.3 is 0 Å². The van der Waals surface area contributed by atoms with E-state index in [0.29, 0.717) is 17.7 Å². The van der Waals surface area contributed by atoms with Crippen molar-refractivity contribution < 1.29 is 4.79 Å². The van der Waals surface area contributed by atoms with Crippen LogP contribution in [0.25, 0.3) is 0 Å². The van der Waals surface area contributed by atoms with E-state index in [9.17, 15) is 4.79 Å². The molecule has 0 aromatic heterocycles. The smallest absolute Gasteiger partial charge is 0.137 e. The van der Waals surface area contributed by atoms with Crippen LogP contribution in [0.2, 0.25) is 0 Å². The molecule has 1 aliphatic heterocycles. The monoisotopic (exact) mass is 249 g/mol. The molecule has 0 spiro atoms. The molecule has 3 fully saturated rings. The van der Waals surface area contributed by atoms with Gasteiger partial charge in [0.25, 0.3) is 0 Å². The molecular weight excluding hydrogens is 222 g/mol. The van der Waals surface area contributed by atoms with Crippen LogP contribution in [0.1, 0.15) is 64.2 Å². The lowest BCUT2D eigenvalue weighted by Gasteiger charge is -2.44. The lowest BCUT2D eigenvalue weighted by molar-refractivity contribution is -0.128. The van der Waals surface area contributed by atoms with Crippen LogP contribution in [0.15, 0.2) is 0 Å². The number of rotatable bonds is 3. The van der Waals surface area contributed by atoms with Gasteiger partial charge in [0.2, 0.25) is 0 Å². The normalized spacial score (nSPS) is 35.4. The summed E-state index contributed by atoms with van der Waals surface area (Å²) in [6, 6.07) is 0.604. The van der Waals surface area contributed by atoms with Gasteiger partial charge in [0, 0.05) is 24.9 Å². The molecule has 0 aromatic rings. The largest absolute Gasteiger partial charge is 0.299 e. The molecule has 2 unspecified atom stereocenters. The summed E-state index contributed by atoms with van der Waals surface area (Å²) < 4.78 is 0. The molecule has 1 heterocycles. The highest BCUT2D eigenvalue weighted by molar-refractivity contribution is 5.82. The van der Waals surface area contributed by atoms with E-state index in [1.54, 1.807) is 0 Å². The first-order chi connectivity index (χ1) is 8.84. The average molecular weight is 249 g/mol. The predicted molar refractivity (Wildman–Crippen MR) is 73.5 cm³/mol. The summed E-state index contributed by atoms with van der Waals surface area (Å²) >= 11 is 0. The molecule has 3 aliphatic rings. The number of piperidine rings is 1. The maximum Gasteiger partial charge on any atom is 0.137 e. The second-order valence-corrected chi connectivity index (χ2v) is 6.67. The van der Waals surface area contributed by atoms with Crippen LogP contribution in [0.5, 0.6) is 0 Å². The molecule has 2 aliphatic carbocycles. The molecule has 2 saturated carbocycles. The third-order valence-electron chi connectivity index (χ3n) is 5.45. The molecule has 0 N–H and O–H groups in total. The van der Waals surface area contributed by atoms with Gasteiger partial charge in [0.15, 0.2) is 0 Å². The van der Waals surface area contributed by atoms with Gasteiger partial charge in [0.05, 0.1) is 0 Å². The van der Waals surface area contributed by atoms with Gasteiger partial charge in [-0.3, -0.25) is 9.69 Å². The predicted octanol–water partition coefficient (Wildman–Crippen LogP) is 3.40. The molecule has 2 nitrogen and oxygen atoms in total. The standard InChI is InChI=1S/C16H27NO/c18-16-10-2-1-8-14(16)15-9-3-4-11-17(15)12-13-6-5-7-13/h13-15H,1-12H2. The summed E-state index contributed by atoms with van der Waals surface area (Å²) in [4.78, 5) is 14.9. The quantitative estimate of drug-likeness (QED) is 0.764. The van der Waals surface area contributed by atoms with Crippen molar-refractivity contribution >= 4 is 5.78 Å². The molecule has 0 bridgehead atoms. The van der Waals surface area contributed by atoms with Gasteiger partial charge in [-0.05, 0) is 51.0 Å². The van der Waals surface area contributed by atoms with Crippen LogP contribution in [0.4, 0.5) is 0 Å². The Kier molecular flexibility index (Phi) is 4.03. The zero-order valence-corrected chi connectivity index (χ0v) is 11.6. The van der Waals surface area contributed by atoms with E-state index < -0.39 is 0 Å². The number of hydrogen-bond donors (Lipinski definition) is 0. The Hall–Kier alpha value is -0.370. The topological polar surface area (TPSA) is 20.3 Å². The van der Waals surface area contributed by atoms with Crippen LogP contribution in [0.3, 0.4) is 0 Å². The Morgan fingerprint density at radius 3 is 2.50 bits per heavy atom. The van der Waals surface area contributed by atoms with E-state index in [2.05, 4.69) is 4.90 Å². The highest BCUT2D eigenvalue weighted by atomic mass is 16.1. The highest BCUT2D eigenvalue weighted by Gasteiger charge is 2.36. The zero-order chi connectivity index (χ0) is 12.4. The lowest BCUT2D eigenvalue weighted by atomic mass is 9.77. The van der Waals surface area contributed by atoms with Crippen molar-refractivity contribution in [1.82, 2.24) is 4.90 Å². The average Bonchev–Trinajstić information content (AvgIpc) is 2.35. The van der Waals surface area contributed by atoms with Crippen molar-refractivity contribution in [3.63, 3.8) is 0 Å². The van der Waals surface area contributed by atoms with Crippen LogP contribution < -0.4 is 0 Å². The van der Waals surface area contributed by atoms with Gasteiger partial charge in [0.1, 0.15) is 5.78 Å². The number of Topliss-reactive ketones (excluding diaryl/α,β-unsaturated/α-hetero) is 1. The molecule has 3 rings (SSSR count). The van der Waals surface area contributed by atoms with E-state index in [1.165, 1.54) is 64.5 Å². The van der Waals surface area contributed by atoms with Crippen LogP contribution in [0, 0.1) is 11.8 Å². The number of hydrogen-bond acceptors (Lipinski definition) is 2. The summed E-state index contributed by atoms with van der Waals surface area (Å²) in [5, 5.41) is 0. The fraction of sp³-hybridized carbons (Fsp3) is 0.938. The molecular formula is C16H27NO. The number of carbonyl (C=O) groups is 1. The van der Waals surface area contributed by atoms with Gasteiger partial charge in [-0.2, -0.15) is 0 Å². The maximum atomic E-state index is 12.2. The molecule has 0 radical (unpaired) electrons. The third-order valence-corrected chi connectivity index (χ3v) is 5.45. The Bertz CT molecular complexity index is 297. The molecule has 0 aromatic carbocycles. The summed E-state index contributed by atoms with van der Waals surface area (Å²) in [5.74, 6) is 1.91. The van der Waals surface area contributed by atoms with Crippen molar-refractivity contribution in [2.24, 2.45) is 11.8 Å². The number of carbonyl (C=O) groups excluding carboxylic acids is 1. The van der Waals surface area contributed by atoms with Crippen molar-refractivity contribution in [1.29, 1.82) is 0 Å². The van der Waals surface area contributed by atoms with Crippen LogP contribution in [-0.2, 0) is 4.79 Å². The van der Waals surface area contributed by atoms with Gasteiger partial charge in [-0.15, -0.1) is 0 Å². The van der Waals surface area contributed by atoms with Crippen LogP contribution in [-0.4, -0.2) is 29.8 Å². The van der Waals surface area contributed by atoms with Crippen molar-refractivity contribution in [2.75, 3.05) is 13.1 Å². The number of likely N-dealkylation sites (tertiary alicyclic amines) is 1. The Balaban J connectivity index is 1.63. The first-order valence-corrected chi connectivity index (χ1v) is 8.11. The van der Waals surface area contributed by atoms with E-state index in [-0.39, 0.29) is 0 Å². The van der Waals surface area contributed by atoms with Gasteiger partial charge in [-0.25, -0.2) is 0 Å². The Labute approximate surface area is 111 Å². The number of ketones is 1. The number of nitrogens with zero attached hydrogens (tertiary/aromatic N) is 1. The molecule has 1 saturated heterocycles. The second kappa shape index (κ2) is 5.73. The first-order valence-electron chi connectivity index (χ1n) is 8.11. The minimum atomic E-state index is 0.388. The first kappa shape index (κ1) is 12.7. The van der Waals surface area contributed by atoms with Crippen molar-refractivity contribution in [3.8, 4) is 0 Å².